The number of anilines is 1. The minimum atomic E-state index is -5.62. The van der Waals surface area contributed by atoms with Gasteiger partial charge in [0.2, 0.25) is 0 Å². The van der Waals surface area contributed by atoms with Crippen molar-refractivity contribution in [1.29, 1.82) is 0 Å². The molecule has 1 heterocycles. The Labute approximate surface area is 100.0 Å². The molecule has 1 rings (SSSR count). The summed E-state index contributed by atoms with van der Waals surface area (Å²) >= 11 is 0. The first kappa shape index (κ1) is 14.5. The molecule has 0 aliphatic rings. The maximum absolute atomic E-state index is 12.6. The van der Waals surface area contributed by atoms with Crippen LogP contribution in [-0.2, 0) is 0 Å². The highest BCUT2D eigenvalue weighted by Crippen LogP contribution is 2.35. The third kappa shape index (κ3) is 3.71. The zero-order chi connectivity index (χ0) is 13.8. The number of aromatic nitrogens is 1. The Morgan fingerprint density at radius 3 is 2.50 bits per heavy atom. The molecule has 8 heteroatoms. The van der Waals surface area contributed by atoms with Crippen molar-refractivity contribution in [3.63, 3.8) is 0 Å². The summed E-state index contributed by atoms with van der Waals surface area (Å²) in [5.41, 5.74) is 0. The average Bonchev–Trinajstić information content (AvgIpc) is 2.26. The van der Waals surface area contributed by atoms with Crippen LogP contribution in [0.5, 0.6) is 5.75 Å². The molecule has 0 atom stereocenters. The third-order valence-electron chi connectivity index (χ3n) is 1.92. The molecule has 0 aliphatic carbocycles. The first-order chi connectivity index (χ1) is 8.26. The van der Waals surface area contributed by atoms with E-state index in [1.54, 1.807) is 6.92 Å². The molecule has 0 spiro atoms. The minimum Gasteiger partial charge on any atom is -0.487 e. The third-order valence-corrected chi connectivity index (χ3v) is 1.92. The molecule has 102 valence electrons. The molecule has 0 aromatic carbocycles. The average molecular weight is 270 g/mol. The van der Waals surface area contributed by atoms with Gasteiger partial charge < -0.3 is 10.1 Å². The number of halogens is 5. The van der Waals surface area contributed by atoms with Crippen LogP contribution in [0, 0.1) is 0 Å². The highest BCUT2D eigenvalue weighted by atomic mass is 19.4. The largest absolute Gasteiger partial charge is 0.487 e. The SMILES string of the molecule is CCNc1cc(OCC(F)(F)C(F)(F)F)ccn1. The molecule has 0 saturated carbocycles. The van der Waals surface area contributed by atoms with Crippen molar-refractivity contribution in [3.05, 3.63) is 18.3 Å². The second-order valence-corrected chi connectivity index (χ2v) is 3.40. The molecule has 1 aromatic rings. The first-order valence-electron chi connectivity index (χ1n) is 5.03. The summed E-state index contributed by atoms with van der Waals surface area (Å²) in [5.74, 6) is -4.65. The lowest BCUT2D eigenvalue weighted by Crippen LogP contribution is -2.41. The number of nitrogens with zero attached hydrogens (tertiary/aromatic N) is 1. The number of nitrogens with one attached hydrogen (secondary N) is 1. The van der Waals surface area contributed by atoms with Gasteiger partial charge in [-0.25, -0.2) is 4.98 Å². The fourth-order valence-corrected chi connectivity index (χ4v) is 1.03. The number of rotatable bonds is 5. The Bertz CT molecular complexity index is 394. The highest BCUT2D eigenvalue weighted by molar-refractivity contribution is 5.40. The van der Waals surface area contributed by atoms with Crippen LogP contribution in [-0.4, -0.2) is 30.2 Å². The predicted molar refractivity (Wildman–Crippen MR) is 54.9 cm³/mol. The Hall–Kier alpha value is -1.60. The zero-order valence-corrected chi connectivity index (χ0v) is 9.39. The van der Waals surface area contributed by atoms with Crippen molar-refractivity contribution >= 4 is 5.82 Å². The Kier molecular flexibility index (Phi) is 4.31. The van der Waals surface area contributed by atoms with E-state index in [4.69, 9.17) is 0 Å². The monoisotopic (exact) mass is 270 g/mol. The van der Waals surface area contributed by atoms with Crippen molar-refractivity contribution < 1.29 is 26.7 Å². The van der Waals surface area contributed by atoms with Gasteiger partial charge >= 0.3 is 12.1 Å². The molecule has 0 saturated heterocycles. The molecule has 3 nitrogen and oxygen atoms in total. The van der Waals surface area contributed by atoms with Crippen LogP contribution in [0.2, 0.25) is 0 Å². The van der Waals surface area contributed by atoms with Gasteiger partial charge in [0, 0.05) is 18.8 Å². The smallest absolute Gasteiger partial charge is 0.456 e. The fraction of sp³-hybridized carbons (Fsp3) is 0.500. The van der Waals surface area contributed by atoms with Gasteiger partial charge in [-0.2, -0.15) is 22.0 Å². The van der Waals surface area contributed by atoms with E-state index in [1.807, 2.05) is 0 Å². The van der Waals surface area contributed by atoms with E-state index in [2.05, 4.69) is 15.0 Å². The van der Waals surface area contributed by atoms with Crippen LogP contribution in [0.1, 0.15) is 6.92 Å². The van der Waals surface area contributed by atoms with Crippen LogP contribution in [0.3, 0.4) is 0 Å². The summed E-state index contributed by atoms with van der Waals surface area (Å²) < 4.78 is 65.2. The molecule has 0 amide bonds. The molecule has 1 N–H and O–H groups in total. The van der Waals surface area contributed by atoms with Crippen LogP contribution in [0.25, 0.3) is 0 Å². The summed E-state index contributed by atoms with van der Waals surface area (Å²) in [7, 11) is 0. The van der Waals surface area contributed by atoms with Gasteiger partial charge in [0.1, 0.15) is 11.6 Å². The summed E-state index contributed by atoms with van der Waals surface area (Å²) in [5, 5.41) is 2.77. The van der Waals surface area contributed by atoms with Crippen LogP contribution >= 0.6 is 0 Å². The summed E-state index contributed by atoms with van der Waals surface area (Å²) in [6.45, 7) is 0.564. The fourth-order valence-electron chi connectivity index (χ4n) is 1.03. The van der Waals surface area contributed by atoms with Crippen molar-refractivity contribution in [3.8, 4) is 5.75 Å². The summed E-state index contributed by atoms with van der Waals surface area (Å²) in [4.78, 5) is 3.82. The van der Waals surface area contributed by atoms with Gasteiger partial charge in [-0.15, -0.1) is 0 Å². The lowest BCUT2D eigenvalue weighted by Gasteiger charge is -2.19. The molecular weight excluding hydrogens is 259 g/mol. The highest BCUT2D eigenvalue weighted by Gasteiger charge is 2.58. The summed E-state index contributed by atoms with van der Waals surface area (Å²) in [6.07, 6.45) is -4.37. The van der Waals surface area contributed by atoms with E-state index in [0.29, 0.717) is 12.4 Å². The van der Waals surface area contributed by atoms with Gasteiger partial charge in [0.25, 0.3) is 0 Å². The quantitative estimate of drug-likeness (QED) is 0.835. The van der Waals surface area contributed by atoms with Gasteiger partial charge in [-0.1, -0.05) is 0 Å². The number of hydrogen-bond donors (Lipinski definition) is 1. The Morgan fingerprint density at radius 1 is 1.28 bits per heavy atom. The van der Waals surface area contributed by atoms with Crippen LogP contribution < -0.4 is 10.1 Å². The van der Waals surface area contributed by atoms with Crippen LogP contribution in [0.4, 0.5) is 27.8 Å². The maximum Gasteiger partial charge on any atom is 0.456 e. The van der Waals surface area contributed by atoms with Crippen molar-refractivity contribution in [1.82, 2.24) is 4.98 Å². The second-order valence-electron chi connectivity index (χ2n) is 3.40. The minimum absolute atomic E-state index is 0.107. The molecule has 0 radical (unpaired) electrons. The van der Waals surface area contributed by atoms with Crippen LogP contribution in [0.15, 0.2) is 18.3 Å². The van der Waals surface area contributed by atoms with Gasteiger partial charge in [-0.05, 0) is 13.0 Å². The number of alkyl halides is 5. The normalized spacial score (nSPS) is 12.3. The molecular formula is C10H11F5N2O. The Balaban J connectivity index is 2.66. The lowest BCUT2D eigenvalue weighted by atomic mass is 10.3. The molecule has 0 aliphatic heterocycles. The number of hydrogen-bond acceptors (Lipinski definition) is 3. The van der Waals surface area contributed by atoms with E-state index in [9.17, 15) is 22.0 Å². The van der Waals surface area contributed by atoms with E-state index in [-0.39, 0.29) is 5.75 Å². The van der Waals surface area contributed by atoms with Crippen molar-refractivity contribution in [2.24, 2.45) is 0 Å². The topological polar surface area (TPSA) is 34.1 Å². The molecule has 0 unspecified atom stereocenters. The predicted octanol–water partition coefficient (Wildman–Crippen LogP) is 3.09. The lowest BCUT2D eigenvalue weighted by molar-refractivity contribution is -0.290. The van der Waals surface area contributed by atoms with E-state index in [1.165, 1.54) is 18.3 Å². The molecule has 1 aromatic heterocycles. The standard InChI is InChI=1S/C10H11F5N2O/c1-2-16-8-5-7(3-4-17-8)18-6-9(11,12)10(13,14)15/h3-5H,2,6H2,1H3,(H,16,17). The number of ether oxygens (including phenoxy) is 1. The number of pyridine rings is 1. The van der Waals surface area contributed by atoms with Crippen molar-refractivity contribution in [2.75, 3.05) is 18.5 Å². The summed E-state index contributed by atoms with van der Waals surface area (Å²) in [6, 6.07) is 2.45. The van der Waals surface area contributed by atoms with E-state index < -0.39 is 18.7 Å². The zero-order valence-electron chi connectivity index (χ0n) is 9.39. The molecule has 18 heavy (non-hydrogen) atoms. The van der Waals surface area contributed by atoms with Crippen molar-refractivity contribution in [2.45, 2.75) is 19.0 Å². The molecule has 0 fully saturated rings. The van der Waals surface area contributed by atoms with E-state index >= 15 is 0 Å². The van der Waals surface area contributed by atoms with E-state index in [0.717, 1.165) is 0 Å². The first-order valence-corrected chi connectivity index (χ1v) is 5.03. The second kappa shape index (κ2) is 5.36. The van der Waals surface area contributed by atoms with Gasteiger partial charge in [0.15, 0.2) is 6.61 Å². The Morgan fingerprint density at radius 2 is 1.94 bits per heavy atom. The van der Waals surface area contributed by atoms with Gasteiger partial charge in [0.05, 0.1) is 0 Å². The molecule has 0 bridgehead atoms. The maximum atomic E-state index is 12.6. The van der Waals surface area contributed by atoms with Gasteiger partial charge in [-0.3, -0.25) is 0 Å².